The maximum absolute atomic E-state index is 12.5. The largest absolute Gasteiger partial charge is 0.508 e. The van der Waals surface area contributed by atoms with Crippen LogP contribution in [0.3, 0.4) is 0 Å². The van der Waals surface area contributed by atoms with Gasteiger partial charge >= 0.3 is 23.9 Å². The molecule has 0 spiro atoms. The lowest BCUT2D eigenvalue weighted by molar-refractivity contribution is -0.157. The van der Waals surface area contributed by atoms with E-state index in [1.807, 2.05) is 0 Å². The molecular weight excluding hydrogens is 456 g/mol. The number of aliphatic hydroxyl groups is 2. The zero-order chi connectivity index (χ0) is 26.0. The van der Waals surface area contributed by atoms with E-state index in [0.29, 0.717) is 0 Å². The van der Waals surface area contributed by atoms with E-state index in [9.17, 15) is 39.6 Å². The van der Waals surface area contributed by atoms with Gasteiger partial charge in [-0.1, -0.05) is 0 Å². The number of aromatic hydroxyl groups is 2. The lowest BCUT2D eigenvalue weighted by Crippen LogP contribution is -2.27. The van der Waals surface area contributed by atoms with Crippen LogP contribution in [0.25, 0.3) is 0 Å². The van der Waals surface area contributed by atoms with Gasteiger partial charge in [-0.15, -0.1) is 0 Å². The molecule has 0 fully saturated rings. The number of esters is 3. The Kier molecular flexibility index (Phi) is 11.3. The van der Waals surface area contributed by atoms with Gasteiger partial charge in [-0.05, 0) is 32.4 Å². The molecule has 1 rings (SSSR count). The number of hydrogen-bond acceptors (Lipinski definition) is 11. The average molecular weight is 486 g/mol. The molecule has 0 aromatic heterocycles. The minimum absolute atomic E-state index is 0.0474. The van der Waals surface area contributed by atoms with Gasteiger partial charge in [-0.25, -0.2) is 4.79 Å². The second-order valence-electron chi connectivity index (χ2n) is 7.87. The van der Waals surface area contributed by atoms with E-state index >= 15 is 0 Å². The van der Waals surface area contributed by atoms with Crippen LogP contribution in [0.4, 0.5) is 0 Å². The second kappa shape index (κ2) is 13.4. The van der Waals surface area contributed by atoms with Crippen LogP contribution in [0.2, 0.25) is 0 Å². The number of aliphatic hydroxyl groups excluding tert-OH is 2. The van der Waals surface area contributed by atoms with Crippen LogP contribution >= 0.6 is 0 Å². The molecule has 0 saturated carbocycles. The molecule has 1 aromatic rings. The molecule has 12 heteroatoms. The van der Waals surface area contributed by atoms with Crippen LogP contribution in [0.5, 0.6) is 11.5 Å². The molecule has 0 aliphatic heterocycles. The minimum atomic E-state index is -1.36. The number of rotatable bonds is 13. The fourth-order valence-electron chi connectivity index (χ4n) is 3.03. The molecule has 4 atom stereocenters. The standard InChI is InChI=1S/C22H30O12/c1-11(24)4-19(29)33-13(3)6-20(30)32-12(2)5-14-7-15(25)8-17(26)21(14)22(31)34-16(10-23)9-18(27)28/h7-8,11-13,16,23-26H,4-6,9-10H2,1-3H3,(H,27,28)/t11-,12+,13+,16+/m0/s1. The molecule has 0 bridgehead atoms. The Labute approximate surface area is 195 Å². The van der Waals surface area contributed by atoms with Crippen molar-refractivity contribution in [2.45, 2.75) is 70.9 Å². The van der Waals surface area contributed by atoms with Crippen LogP contribution in [0.15, 0.2) is 12.1 Å². The maximum atomic E-state index is 12.5. The molecule has 1 aromatic carbocycles. The summed E-state index contributed by atoms with van der Waals surface area (Å²) in [6.07, 6.45) is -5.22. The molecular formula is C22H30O12. The van der Waals surface area contributed by atoms with E-state index in [1.165, 1.54) is 20.8 Å². The van der Waals surface area contributed by atoms with Crippen molar-refractivity contribution in [3.05, 3.63) is 23.3 Å². The predicted octanol–water partition coefficient (Wildman–Crippen LogP) is 0.657. The first-order valence-electron chi connectivity index (χ1n) is 10.5. The summed E-state index contributed by atoms with van der Waals surface area (Å²) in [4.78, 5) is 47.1. The highest BCUT2D eigenvalue weighted by atomic mass is 16.6. The summed E-state index contributed by atoms with van der Waals surface area (Å²) in [5.74, 6) is -4.88. The van der Waals surface area contributed by atoms with Crippen LogP contribution in [0, 0.1) is 0 Å². The van der Waals surface area contributed by atoms with Gasteiger partial charge in [0.15, 0.2) is 0 Å². The number of carboxylic acid groups (broad SMARTS) is 1. The number of carboxylic acids is 1. The van der Waals surface area contributed by atoms with Crippen LogP contribution in [-0.4, -0.2) is 80.4 Å². The molecule has 34 heavy (non-hydrogen) atoms. The zero-order valence-corrected chi connectivity index (χ0v) is 19.1. The van der Waals surface area contributed by atoms with Crippen molar-refractivity contribution < 1.29 is 58.9 Å². The fraction of sp³-hybridized carbons (Fsp3) is 0.545. The van der Waals surface area contributed by atoms with Gasteiger partial charge in [0.1, 0.15) is 35.4 Å². The van der Waals surface area contributed by atoms with Crippen molar-refractivity contribution in [1.82, 2.24) is 0 Å². The van der Waals surface area contributed by atoms with Crippen molar-refractivity contribution in [2.24, 2.45) is 0 Å². The second-order valence-corrected chi connectivity index (χ2v) is 7.87. The van der Waals surface area contributed by atoms with E-state index in [4.69, 9.17) is 19.3 Å². The Morgan fingerprint density at radius 3 is 2.03 bits per heavy atom. The zero-order valence-electron chi connectivity index (χ0n) is 19.1. The molecule has 0 unspecified atom stereocenters. The van der Waals surface area contributed by atoms with Crippen molar-refractivity contribution in [3.63, 3.8) is 0 Å². The van der Waals surface area contributed by atoms with Crippen LogP contribution in [-0.2, 0) is 35.0 Å². The number of ether oxygens (including phenoxy) is 3. The van der Waals surface area contributed by atoms with E-state index in [-0.39, 0.29) is 36.1 Å². The molecule has 0 heterocycles. The van der Waals surface area contributed by atoms with E-state index in [2.05, 4.69) is 0 Å². The van der Waals surface area contributed by atoms with Crippen LogP contribution < -0.4 is 0 Å². The van der Waals surface area contributed by atoms with Gasteiger partial charge < -0.3 is 39.7 Å². The summed E-state index contributed by atoms with van der Waals surface area (Å²) in [7, 11) is 0. The summed E-state index contributed by atoms with van der Waals surface area (Å²) >= 11 is 0. The van der Waals surface area contributed by atoms with Crippen molar-refractivity contribution >= 4 is 23.9 Å². The topological polar surface area (TPSA) is 197 Å². The Morgan fingerprint density at radius 1 is 0.882 bits per heavy atom. The van der Waals surface area contributed by atoms with Crippen molar-refractivity contribution in [3.8, 4) is 11.5 Å². The lowest BCUT2D eigenvalue weighted by atomic mass is 10.00. The quantitative estimate of drug-likeness (QED) is 0.193. The van der Waals surface area contributed by atoms with Gasteiger partial charge in [-0.3, -0.25) is 14.4 Å². The lowest BCUT2D eigenvalue weighted by Gasteiger charge is -2.19. The highest BCUT2D eigenvalue weighted by Gasteiger charge is 2.26. The van der Waals surface area contributed by atoms with Crippen LogP contribution in [0.1, 0.15) is 56.0 Å². The SMILES string of the molecule is C[C@H](O)CC(=O)O[C@H](C)CC(=O)O[C@H](C)Cc1cc(O)cc(O)c1C(=O)O[C@@H](CO)CC(=O)O. The van der Waals surface area contributed by atoms with Gasteiger partial charge in [-0.2, -0.15) is 0 Å². The highest BCUT2D eigenvalue weighted by molar-refractivity contribution is 5.94. The number of carbonyl (C=O) groups excluding carboxylic acids is 3. The molecule has 190 valence electrons. The molecule has 0 amide bonds. The Balaban J connectivity index is 2.86. The molecule has 0 radical (unpaired) electrons. The molecule has 0 aliphatic carbocycles. The first kappa shape index (κ1) is 28.7. The van der Waals surface area contributed by atoms with E-state index < -0.39 is 67.1 Å². The van der Waals surface area contributed by atoms with E-state index in [0.717, 1.165) is 12.1 Å². The monoisotopic (exact) mass is 486 g/mol. The number of benzene rings is 1. The highest BCUT2D eigenvalue weighted by Crippen LogP contribution is 2.30. The third-order valence-corrected chi connectivity index (χ3v) is 4.36. The normalized spacial score (nSPS) is 14.4. The minimum Gasteiger partial charge on any atom is -0.508 e. The summed E-state index contributed by atoms with van der Waals surface area (Å²) < 4.78 is 15.2. The average Bonchev–Trinajstić information content (AvgIpc) is 2.64. The number of carbonyl (C=O) groups is 4. The third-order valence-electron chi connectivity index (χ3n) is 4.36. The number of hydrogen-bond donors (Lipinski definition) is 5. The first-order chi connectivity index (χ1) is 15.8. The molecule has 12 nitrogen and oxygen atoms in total. The maximum Gasteiger partial charge on any atom is 0.342 e. The molecule has 0 aliphatic rings. The smallest absolute Gasteiger partial charge is 0.342 e. The Morgan fingerprint density at radius 2 is 1.47 bits per heavy atom. The van der Waals surface area contributed by atoms with Gasteiger partial charge in [0, 0.05) is 12.5 Å². The van der Waals surface area contributed by atoms with Crippen molar-refractivity contribution in [2.75, 3.05) is 6.61 Å². The van der Waals surface area contributed by atoms with Crippen molar-refractivity contribution in [1.29, 1.82) is 0 Å². The first-order valence-corrected chi connectivity index (χ1v) is 10.5. The molecule has 5 N–H and O–H groups in total. The predicted molar refractivity (Wildman–Crippen MR) is 114 cm³/mol. The van der Waals surface area contributed by atoms with Gasteiger partial charge in [0.25, 0.3) is 0 Å². The van der Waals surface area contributed by atoms with Gasteiger partial charge in [0.05, 0.1) is 32.0 Å². The Hall–Kier alpha value is -3.38. The summed E-state index contributed by atoms with van der Waals surface area (Å²) in [6, 6.07) is 2.03. The Bertz CT molecular complexity index is 879. The van der Waals surface area contributed by atoms with Gasteiger partial charge in [0.2, 0.25) is 0 Å². The van der Waals surface area contributed by atoms with E-state index in [1.54, 1.807) is 0 Å². The summed E-state index contributed by atoms with van der Waals surface area (Å²) in [6.45, 7) is 3.61. The third kappa shape index (κ3) is 10.0. The summed E-state index contributed by atoms with van der Waals surface area (Å²) in [5.41, 5.74) is -0.337. The summed E-state index contributed by atoms with van der Waals surface area (Å²) in [5, 5.41) is 47.2. The number of aliphatic carboxylic acids is 1. The fourth-order valence-corrected chi connectivity index (χ4v) is 3.03. The molecule has 0 saturated heterocycles. The number of phenols is 2. The number of phenolic OH excluding ortho intramolecular Hbond substituents is 2.